The lowest BCUT2D eigenvalue weighted by Gasteiger charge is -2.40. The van der Waals surface area contributed by atoms with Crippen LogP contribution in [0.2, 0.25) is 78.6 Å². The van der Waals surface area contributed by atoms with Gasteiger partial charge in [0.05, 0.1) is 68.3 Å². The van der Waals surface area contributed by atoms with Crippen molar-refractivity contribution >= 4 is 43.9 Å². The van der Waals surface area contributed by atoms with E-state index in [-0.39, 0.29) is 22.3 Å². The van der Waals surface area contributed by atoms with Crippen molar-refractivity contribution < 1.29 is 28.5 Å². The molecular formula is C36H54O6Si4. The van der Waals surface area contributed by atoms with Crippen LogP contribution in [0, 0.1) is 0 Å². The Balaban J connectivity index is 2.38. The molecule has 0 aliphatic rings. The van der Waals surface area contributed by atoms with E-state index in [4.69, 9.17) is 18.9 Å². The second-order valence-corrected chi connectivity index (χ2v) is 38.6. The summed E-state index contributed by atoms with van der Waals surface area (Å²) in [4.78, 5) is 28.7. The molecule has 0 saturated carbocycles. The molecule has 250 valence electrons. The van der Waals surface area contributed by atoms with E-state index in [2.05, 4.69) is 78.6 Å². The SMILES string of the molecule is COc1ccc(C(=O)c2cc(OC([Si](C)(C)C)[Si](C)(C)C)c(C(=O)c3ccc(OC)cc3)cc2OC([Si](C)(C)C)[Si](C)(C)C)cc1. The highest BCUT2D eigenvalue weighted by atomic mass is 28.4. The summed E-state index contributed by atoms with van der Waals surface area (Å²) in [7, 11) is -4.28. The van der Waals surface area contributed by atoms with E-state index in [0.29, 0.717) is 45.3 Å². The van der Waals surface area contributed by atoms with Crippen LogP contribution in [-0.4, -0.2) is 68.8 Å². The molecule has 0 amide bonds. The van der Waals surface area contributed by atoms with Gasteiger partial charge in [-0.3, -0.25) is 9.59 Å². The van der Waals surface area contributed by atoms with Gasteiger partial charge in [-0.05, 0) is 60.7 Å². The van der Waals surface area contributed by atoms with Crippen LogP contribution in [0.3, 0.4) is 0 Å². The second-order valence-electron chi connectivity index (χ2n) is 16.4. The fourth-order valence-electron chi connectivity index (χ4n) is 6.46. The summed E-state index contributed by atoms with van der Waals surface area (Å²) >= 11 is 0. The number of benzene rings is 3. The number of methoxy groups -OCH3 is 2. The zero-order valence-electron chi connectivity index (χ0n) is 30.4. The molecule has 0 aliphatic carbocycles. The average Bonchev–Trinajstić information content (AvgIpc) is 2.95. The molecule has 0 fully saturated rings. The van der Waals surface area contributed by atoms with Crippen molar-refractivity contribution in [2.45, 2.75) is 89.3 Å². The molecule has 0 spiro atoms. The number of hydrogen-bond donors (Lipinski definition) is 0. The minimum atomic E-state index is -1.87. The van der Waals surface area contributed by atoms with Gasteiger partial charge in [0, 0.05) is 11.1 Å². The standard InChI is InChI=1S/C36H54O6Si4/c1-39-27-19-15-25(16-20-27)33(37)29-23-32(42-36(45(9,10)11)46(12,13)14)30(34(38)26-17-21-28(40-2)22-18-26)24-31(29)41-35(43(3,4)5)44(6,7)8/h15-24,35-36H,1-14H3. The lowest BCUT2D eigenvalue weighted by Crippen LogP contribution is -2.57. The van der Waals surface area contributed by atoms with Crippen LogP contribution in [0.4, 0.5) is 0 Å². The predicted molar refractivity (Wildman–Crippen MR) is 202 cm³/mol. The first-order valence-electron chi connectivity index (χ1n) is 16.0. The lowest BCUT2D eigenvalue weighted by atomic mass is 9.96. The molecular weight excluding hydrogens is 641 g/mol. The predicted octanol–water partition coefficient (Wildman–Crippen LogP) is 9.17. The van der Waals surface area contributed by atoms with Crippen molar-refractivity contribution in [1.29, 1.82) is 0 Å². The van der Waals surface area contributed by atoms with Crippen molar-refractivity contribution in [1.82, 2.24) is 0 Å². The van der Waals surface area contributed by atoms with Gasteiger partial charge in [0.15, 0.2) is 11.6 Å². The molecule has 0 atom stereocenters. The van der Waals surface area contributed by atoms with Crippen molar-refractivity contribution in [3.63, 3.8) is 0 Å². The Hall–Kier alpha value is -2.93. The molecule has 0 saturated heterocycles. The third-order valence-electron chi connectivity index (χ3n) is 7.91. The lowest BCUT2D eigenvalue weighted by molar-refractivity contribution is 0.102. The van der Waals surface area contributed by atoms with Gasteiger partial charge in [0.1, 0.15) is 23.0 Å². The number of ether oxygens (including phenoxy) is 4. The summed E-state index contributed by atoms with van der Waals surface area (Å²) in [6.07, 6.45) is 0. The first-order chi connectivity index (χ1) is 21.1. The molecule has 0 radical (unpaired) electrons. The third kappa shape index (κ3) is 9.11. The Bertz CT molecular complexity index is 1380. The average molecular weight is 695 g/mol. The van der Waals surface area contributed by atoms with Crippen molar-refractivity contribution in [3.05, 3.63) is 82.9 Å². The van der Waals surface area contributed by atoms with Crippen molar-refractivity contribution in [2.24, 2.45) is 0 Å². The molecule has 3 rings (SSSR count). The van der Waals surface area contributed by atoms with Crippen LogP contribution in [0.25, 0.3) is 0 Å². The maximum absolute atomic E-state index is 14.4. The Morgan fingerprint density at radius 1 is 0.478 bits per heavy atom. The number of carbonyl (C=O) groups excluding carboxylic acids is 2. The third-order valence-corrected chi connectivity index (χ3v) is 25.1. The van der Waals surface area contributed by atoms with Crippen LogP contribution in [0.1, 0.15) is 31.8 Å². The molecule has 10 heteroatoms. The molecule has 0 aliphatic heterocycles. The van der Waals surface area contributed by atoms with Crippen LogP contribution >= 0.6 is 0 Å². The van der Waals surface area contributed by atoms with Crippen LogP contribution in [-0.2, 0) is 0 Å². The molecule has 46 heavy (non-hydrogen) atoms. The minimum Gasteiger partial charge on any atom is -0.497 e. The van der Waals surface area contributed by atoms with E-state index in [1.165, 1.54) is 0 Å². The summed E-state index contributed by atoms with van der Waals surface area (Å²) < 4.78 is 24.7. The molecule has 3 aromatic rings. The molecule has 0 aromatic heterocycles. The summed E-state index contributed by atoms with van der Waals surface area (Å²) in [5, 5.41) is -0.00956. The largest absolute Gasteiger partial charge is 0.497 e. The summed E-state index contributed by atoms with van der Waals surface area (Å²) in [6, 6.07) is 17.8. The molecule has 0 bridgehead atoms. The van der Waals surface area contributed by atoms with Gasteiger partial charge < -0.3 is 18.9 Å². The van der Waals surface area contributed by atoms with Crippen molar-refractivity contribution in [2.75, 3.05) is 14.2 Å². The highest BCUT2D eigenvalue weighted by Gasteiger charge is 2.42. The quantitative estimate of drug-likeness (QED) is 0.124. The van der Waals surface area contributed by atoms with Crippen LogP contribution < -0.4 is 18.9 Å². The first kappa shape index (κ1) is 37.5. The summed E-state index contributed by atoms with van der Waals surface area (Å²) in [5.41, 5.74) is 1.82. The van der Waals surface area contributed by atoms with E-state index in [1.807, 2.05) is 0 Å². The number of rotatable bonds is 14. The van der Waals surface area contributed by atoms with Crippen LogP contribution in [0.15, 0.2) is 60.7 Å². The fourth-order valence-corrected chi connectivity index (χ4v) is 29.2. The van der Waals surface area contributed by atoms with Gasteiger partial charge in [-0.2, -0.15) is 0 Å². The topological polar surface area (TPSA) is 71.1 Å². The highest BCUT2D eigenvalue weighted by molar-refractivity contribution is 6.96. The van der Waals surface area contributed by atoms with Gasteiger partial charge >= 0.3 is 0 Å². The van der Waals surface area contributed by atoms with Crippen molar-refractivity contribution in [3.8, 4) is 23.0 Å². The van der Waals surface area contributed by atoms with E-state index < -0.39 is 32.3 Å². The Labute approximate surface area is 280 Å². The van der Waals surface area contributed by atoms with Gasteiger partial charge in [-0.15, -0.1) is 0 Å². The molecule has 3 aromatic carbocycles. The maximum atomic E-state index is 14.4. The van der Waals surface area contributed by atoms with Gasteiger partial charge in [0.2, 0.25) is 0 Å². The first-order valence-corrected chi connectivity index (χ1v) is 30.3. The Morgan fingerprint density at radius 2 is 0.739 bits per heavy atom. The molecule has 0 N–H and O–H groups in total. The smallest absolute Gasteiger partial charge is 0.196 e. The van der Waals surface area contributed by atoms with Gasteiger partial charge in [-0.25, -0.2) is 0 Å². The molecule has 0 heterocycles. The van der Waals surface area contributed by atoms with E-state index in [1.54, 1.807) is 74.9 Å². The fraction of sp³-hybridized carbons (Fsp3) is 0.444. The normalized spacial score (nSPS) is 12.7. The summed E-state index contributed by atoms with van der Waals surface area (Å²) in [5.74, 6) is 1.82. The van der Waals surface area contributed by atoms with Gasteiger partial charge in [0.25, 0.3) is 0 Å². The zero-order chi connectivity index (χ0) is 34.8. The number of hydrogen-bond acceptors (Lipinski definition) is 6. The Kier molecular flexibility index (Phi) is 11.5. The zero-order valence-corrected chi connectivity index (χ0v) is 34.4. The number of ketones is 2. The Morgan fingerprint density at radius 3 is 0.957 bits per heavy atom. The molecule has 0 unspecified atom stereocenters. The van der Waals surface area contributed by atoms with E-state index in [9.17, 15) is 9.59 Å². The highest BCUT2D eigenvalue weighted by Crippen LogP contribution is 2.38. The number of carbonyl (C=O) groups is 2. The maximum Gasteiger partial charge on any atom is 0.196 e. The van der Waals surface area contributed by atoms with E-state index in [0.717, 1.165) is 0 Å². The van der Waals surface area contributed by atoms with Gasteiger partial charge in [-0.1, -0.05) is 78.6 Å². The summed E-state index contributed by atoms with van der Waals surface area (Å²) in [6.45, 7) is 27.6. The van der Waals surface area contributed by atoms with E-state index >= 15 is 0 Å². The molecule has 6 nitrogen and oxygen atoms in total. The monoisotopic (exact) mass is 694 g/mol. The van der Waals surface area contributed by atoms with Crippen LogP contribution in [0.5, 0.6) is 23.0 Å². The minimum absolute atomic E-state index is 0.00478. The second kappa shape index (κ2) is 14.0.